The molecule has 1 nitrogen and oxygen atoms in total. The number of nitrogens with two attached hydrogens (primary N) is 1. The van der Waals surface area contributed by atoms with Gasteiger partial charge in [0.15, 0.2) is 0 Å². The van der Waals surface area contributed by atoms with Crippen molar-refractivity contribution < 1.29 is 0 Å². The van der Waals surface area contributed by atoms with Gasteiger partial charge < -0.3 is 0 Å². The molecule has 0 fully saturated rings. The predicted molar refractivity (Wildman–Crippen MR) is 56.6 cm³/mol. The van der Waals surface area contributed by atoms with Crippen LogP contribution in [-0.4, -0.2) is 37.6 Å². The molecule has 0 aromatic carbocycles. The van der Waals surface area contributed by atoms with E-state index < -0.39 is 0 Å². The summed E-state index contributed by atoms with van der Waals surface area (Å²) in [6.45, 7) is 4.33. The van der Waals surface area contributed by atoms with Gasteiger partial charge in [0.2, 0.25) is 0 Å². The summed E-state index contributed by atoms with van der Waals surface area (Å²) in [6, 6.07) is 0.398. The summed E-state index contributed by atoms with van der Waals surface area (Å²) in [5.74, 6) is 1.27. The van der Waals surface area contributed by atoms with Gasteiger partial charge in [0.25, 0.3) is 0 Å². The van der Waals surface area contributed by atoms with Crippen molar-refractivity contribution in [2.75, 3.05) is 5.75 Å². The van der Waals surface area contributed by atoms with Crippen molar-refractivity contribution in [3.05, 3.63) is 0 Å². The van der Waals surface area contributed by atoms with Crippen LogP contribution in [0.15, 0.2) is 0 Å². The van der Waals surface area contributed by atoms with E-state index in [-0.39, 0.29) is 0 Å². The molecule has 0 aliphatic heterocycles. The van der Waals surface area contributed by atoms with Crippen LogP contribution in [0.2, 0.25) is 0 Å². The zero-order valence-electron chi connectivity index (χ0n) is 7.55. The maximum absolute atomic E-state index is 5.66. The van der Waals surface area contributed by atoms with Crippen molar-refractivity contribution >= 4 is 34.3 Å². The Bertz CT molecular complexity index is 88.2. The summed E-state index contributed by atoms with van der Waals surface area (Å²) in [7, 11) is 0. The summed E-state index contributed by atoms with van der Waals surface area (Å²) in [5, 5.41) is 0. The van der Waals surface area contributed by atoms with Crippen LogP contribution in [0.5, 0.6) is 0 Å². The van der Waals surface area contributed by atoms with E-state index in [2.05, 4.69) is 25.6 Å². The van der Waals surface area contributed by atoms with E-state index in [9.17, 15) is 0 Å². The van der Waals surface area contributed by atoms with Crippen LogP contribution in [0.3, 0.4) is 0 Å². The third-order valence-electron chi connectivity index (χ3n) is 1.53. The van der Waals surface area contributed by atoms with E-state index in [4.69, 9.17) is 5.73 Å². The summed E-state index contributed by atoms with van der Waals surface area (Å²) < 4.78 is 0.948. The van der Waals surface area contributed by atoms with Gasteiger partial charge in [-0.2, -0.15) is 0 Å². The van der Waals surface area contributed by atoms with E-state index in [0.717, 1.165) is 3.27 Å². The third-order valence-corrected chi connectivity index (χ3v) is 5.13. The predicted octanol–water partition coefficient (Wildman–Crippen LogP) is 1.48. The second-order valence-corrected chi connectivity index (χ2v) is 8.09. The fourth-order valence-electron chi connectivity index (χ4n) is 0.938. The molecule has 3 heteroatoms. The van der Waals surface area contributed by atoms with Crippen LogP contribution >= 0.6 is 11.8 Å². The molecule has 0 aliphatic carbocycles. The molecule has 0 saturated carbocycles. The minimum absolute atomic E-state index is 0.398. The minimum atomic E-state index is 0.398. The molecule has 0 aromatic rings. The Balaban J connectivity index is 3.10. The van der Waals surface area contributed by atoms with Gasteiger partial charge in [-0.3, -0.25) is 0 Å². The molecule has 0 aliphatic rings. The fourth-order valence-corrected chi connectivity index (χ4v) is 4.02. The van der Waals surface area contributed by atoms with Crippen LogP contribution in [0.25, 0.3) is 0 Å². The van der Waals surface area contributed by atoms with Gasteiger partial charge in [0, 0.05) is 0 Å². The zero-order chi connectivity index (χ0) is 8.69. The third kappa shape index (κ3) is 9.02. The Hall–Kier alpha value is 1.11. The van der Waals surface area contributed by atoms with Gasteiger partial charge in [0.1, 0.15) is 0 Å². The number of hydrogen-bond acceptors (Lipinski definition) is 2. The molecule has 2 atom stereocenters. The van der Waals surface area contributed by atoms with E-state index >= 15 is 0 Å². The van der Waals surface area contributed by atoms with Crippen LogP contribution in [0, 0.1) is 0 Å². The molecule has 0 spiro atoms. The summed E-state index contributed by atoms with van der Waals surface area (Å²) in [4.78, 5) is 0. The summed E-state index contributed by atoms with van der Waals surface area (Å²) in [5.41, 5.74) is 5.66. The molecule has 0 aromatic heterocycles. The molecule has 2 unspecified atom stereocenters. The topological polar surface area (TPSA) is 26.0 Å². The molecule has 0 saturated heterocycles. The molecule has 0 rings (SSSR count). The SMILES string of the molecule is CCS[CH]([SnH])CCCC(C)N. The monoisotopic (exact) mass is 281 g/mol. The zero-order valence-corrected chi connectivity index (χ0v) is 11.7. The van der Waals surface area contributed by atoms with E-state index in [1.54, 1.807) is 0 Å². The van der Waals surface area contributed by atoms with Crippen molar-refractivity contribution in [2.45, 2.75) is 42.4 Å². The van der Waals surface area contributed by atoms with Crippen molar-refractivity contribution in [2.24, 2.45) is 5.73 Å². The summed E-state index contributed by atoms with van der Waals surface area (Å²) >= 11 is 3.49. The average molecular weight is 280 g/mol. The molecule has 66 valence electrons. The molecule has 0 amide bonds. The van der Waals surface area contributed by atoms with Crippen molar-refractivity contribution in [1.29, 1.82) is 0 Å². The van der Waals surface area contributed by atoms with Crippen LogP contribution in [-0.2, 0) is 0 Å². The molecule has 11 heavy (non-hydrogen) atoms. The molecule has 0 bridgehead atoms. The number of thioether (sulfide) groups is 1. The first-order valence-corrected chi connectivity index (χ1v) is 7.24. The van der Waals surface area contributed by atoms with Gasteiger partial charge in [-0.05, 0) is 0 Å². The Morgan fingerprint density at radius 3 is 2.55 bits per heavy atom. The van der Waals surface area contributed by atoms with E-state index in [0.29, 0.717) is 6.04 Å². The van der Waals surface area contributed by atoms with Crippen LogP contribution < -0.4 is 5.73 Å². The first kappa shape index (κ1) is 12.1. The fraction of sp³-hybridized carbons (Fsp3) is 1.00. The Morgan fingerprint density at radius 2 is 2.09 bits per heavy atom. The second kappa shape index (κ2) is 7.74. The Morgan fingerprint density at radius 1 is 1.45 bits per heavy atom. The van der Waals surface area contributed by atoms with Gasteiger partial charge >= 0.3 is 88.2 Å². The second-order valence-electron chi connectivity index (χ2n) is 2.90. The van der Waals surface area contributed by atoms with Crippen LogP contribution in [0.1, 0.15) is 33.1 Å². The Kier molecular flexibility index (Phi) is 8.52. The quantitative estimate of drug-likeness (QED) is 0.746. The van der Waals surface area contributed by atoms with Crippen molar-refractivity contribution in [3.63, 3.8) is 0 Å². The number of hydrogen-bond donors (Lipinski definition) is 1. The molecule has 2 N–H and O–H groups in total. The van der Waals surface area contributed by atoms with E-state index in [1.165, 1.54) is 47.5 Å². The van der Waals surface area contributed by atoms with Crippen molar-refractivity contribution in [3.8, 4) is 0 Å². The Labute approximate surface area is 88.0 Å². The first-order chi connectivity index (χ1) is 5.16. The maximum atomic E-state index is 5.66. The normalized spacial score (nSPS) is 16.4. The standard InChI is InChI=1S/C8H18NS.Sn.H/c1-3-10-7-5-4-6-8(2)9;;/h7-8H,3-6,9H2,1-2H3;;. The van der Waals surface area contributed by atoms with Gasteiger partial charge in [-0.1, -0.05) is 0 Å². The molecule has 0 heterocycles. The van der Waals surface area contributed by atoms with Crippen LogP contribution in [0.4, 0.5) is 0 Å². The van der Waals surface area contributed by atoms with Gasteiger partial charge in [-0.25, -0.2) is 0 Å². The summed E-state index contributed by atoms with van der Waals surface area (Å²) in [6.07, 6.45) is 3.89. The average Bonchev–Trinajstić information content (AvgIpc) is 1.87. The number of rotatable bonds is 6. The molecular formula is C8H19NSSn. The first-order valence-electron chi connectivity index (χ1n) is 4.29. The molecule has 2 radical (unpaired) electrons. The van der Waals surface area contributed by atoms with E-state index in [1.807, 2.05) is 0 Å². The van der Waals surface area contributed by atoms with Crippen molar-refractivity contribution in [1.82, 2.24) is 0 Å². The van der Waals surface area contributed by atoms with Gasteiger partial charge in [-0.15, -0.1) is 0 Å². The molecular weight excluding hydrogens is 261 g/mol. The van der Waals surface area contributed by atoms with Gasteiger partial charge in [0.05, 0.1) is 0 Å².